The topological polar surface area (TPSA) is 50.5 Å². The fraction of sp³-hybridized carbons (Fsp3) is 0.320. The van der Waals surface area contributed by atoms with Crippen molar-refractivity contribution in [3.8, 4) is 5.75 Å². The lowest BCUT2D eigenvalue weighted by Gasteiger charge is -2.21. The van der Waals surface area contributed by atoms with Gasteiger partial charge in [0.05, 0.1) is 12.2 Å². The van der Waals surface area contributed by atoms with Gasteiger partial charge >= 0.3 is 0 Å². The Morgan fingerprint density at radius 2 is 1.90 bits per heavy atom. The fourth-order valence-corrected chi connectivity index (χ4v) is 3.75. The van der Waals surface area contributed by atoms with Gasteiger partial charge in [-0.15, -0.1) is 0 Å². The second-order valence-electron chi connectivity index (χ2n) is 7.83. The summed E-state index contributed by atoms with van der Waals surface area (Å²) < 4.78 is 7.70. The monoisotopic (exact) mass is 439 g/mol. The summed E-state index contributed by atoms with van der Waals surface area (Å²) in [5.41, 5.74) is 5.64. The van der Waals surface area contributed by atoms with Crippen molar-refractivity contribution in [3.63, 3.8) is 0 Å². The molecule has 0 saturated carbocycles. The first-order valence-corrected chi connectivity index (χ1v) is 10.7. The zero-order valence-corrected chi connectivity index (χ0v) is 19.1. The molecule has 31 heavy (non-hydrogen) atoms. The van der Waals surface area contributed by atoms with E-state index in [4.69, 9.17) is 21.4 Å². The third kappa shape index (κ3) is 6.20. The molecule has 0 aliphatic heterocycles. The van der Waals surface area contributed by atoms with Crippen molar-refractivity contribution in [2.45, 2.75) is 33.0 Å². The molecule has 1 N–H and O–H groups in total. The smallest absolute Gasteiger partial charge is 0.119 e. The summed E-state index contributed by atoms with van der Waals surface area (Å²) in [5.74, 6) is 0.693. The Balaban J connectivity index is 1.58. The van der Waals surface area contributed by atoms with Gasteiger partial charge < -0.3 is 9.84 Å². The van der Waals surface area contributed by atoms with E-state index >= 15 is 0 Å². The number of likely N-dealkylation sites (N-methyl/N-ethyl adjacent to an activating group) is 1. The van der Waals surface area contributed by atoms with Gasteiger partial charge in [-0.1, -0.05) is 48.5 Å². The molecule has 164 valence electrons. The fourth-order valence-electron chi connectivity index (χ4n) is 3.63. The molecule has 2 aromatic carbocycles. The van der Waals surface area contributed by atoms with E-state index in [-0.39, 0.29) is 6.61 Å². The molecule has 1 unspecified atom stereocenters. The first-order valence-electron chi connectivity index (χ1n) is 10.4. The third-order valence-electron chi connectivity index (χ3n) is 5.33. The molecular weight excluding hydrogens is 410 g/mol. The van der Waals surface area contributed by atoms with E-state index in [2.05, 4.69) is 30.5 Å². The minimum absolute atomic E-state index is 0.224. The number of aromatic nitrogens is 2. The van der Waals surface area contributed by atoms with Gasteiger partial charge in [0.15, 0.2) is 0 Å². The largest absolute Gasteiger partial charge is 0.491 e. The molecule has 1 atom stereocenters. The maximum Gasteiger partial charge on any atom is 0.119 e. The molecule has 1 aromatic heterocycles. The van der Waals surface area contributed by atoms with Crippen LogP contribution in [0.2, 0.25) is 5.02 Å². The van der Waals surface area contributed by atoms with Crippen molar-refractivity contribution in [2.75, 3.05) is 20.2 Å². The molecule has 3 aromatic rings. The predicted octanol–water partition coefficient (Wildman–Crippen LogP) is 4.72. The molecule has 5 nitrogen and oxygen atoms in total. The molecule has 0 amide bonds. The van der Waals surface area contributed by atoms with Crippen LogP contribution in [0.25, 0.3) is 6.08 Å². The van der Waals surface area contributed by atoms with Crippen molar-refractivity contribution < 1.29 is 9.84 Å². The summed E-state index contributed by atoms with van der Waals surface area (Å²) in [6.07, 6.45) is 1.28. The van der Waals surface area contributed by atoms with Crippen molar-refractivity contribution in [3.05, 3.63) is 88.2 Å². The first kappa shape index (κ1) is 23.1. The van der Waals surface area contributed by atoms with Crippen LogP contribution < -0.4 is 4.74 Å². The summed E-state index contributed by atoms with van der Waals surface area (Å²) in [4.78, 5) is 2.09. The molecule has 0 bridgehead atoms. The van der Waals surface area contributed by atoms with Gasteiger partial charge in [-0.25, -0.2) is 0 Å². The maximum atomic E-state index is 10.4. The number of rotatable bonds is 10. The molecule has 0 aliphatic rings. The van der Waals surface area contributed by atoms with Gasteiger partial charge in [-0.3, -0.25) is 9.58 Å². The van der Waals surface area contributed by atoms with Gasteiger partial charge in [0, 0.05) is 29.4 Å². The van der Waals surface area contributed by atoms with E-state index in [1.165, 1.54) is 11.1 Å². The van der Waals surface area contributed by atoms with Gasteiger partial charge in [-0.2, -0.15) is 5.10 Å². The van der Waals surface area contributed by atoms with Gasteiger partial charge in [0.1, 0.15) is 18.5 Å². The van der Waals surface area contributed by atoms with E-state index in [1.807, 2.05) is 36.9 Å². The van der Waals surface area contributed by atoms with E-state index in [0.717, 1.165) is 17.0 Å². The van der Waals surface area contributed by atoms with Gasteiger partial charge in [-0.05, 0) is 56.3 Å². The minimum Gasteiger partial charge on any atom is -0.491 e. The number of aryl methyl sites for hydroxylation is 1. The standard InChI is InChI=1S/C25H30ClN3O2/c1-5-20-8-6-7-9-21(20)14-29-19(3)25(18(2)27-29)16-28(4)15-23(30)17-31-24-12-10-22(26)11-13-24/h5-13,23,30H,1,14-17H2,2-4H3. The van der Waals surface area contributed by atoms with Crippen LogP contribution in [-0.4, -0.2) is 46.1 Å². The minimum atomic E-state index is -0.601. The zero-order chi connectivity index (χ0) is 22.4. The predicted molar refractivity (Wildman–Crippen MR) is 127 cm³/mol. The summed E-state index contributed by atoms with van der Waals surface area (Å²) >= 11 is 5.89. The van der Waals surface area contributed by atoms with Crippen LogP contribution in [0.5, 0.6) is 5.75 Å². The molecule has 1 heterocycles. The van der Waals surface area contributed by atoms with Crippen LogP contribution in [0.1, 0.15) is 28.1 Å². The Morgan fingerprint density at radius 3 is 2.61 bits per heavy atom. The maximum absolute atomic E-state index is 10.4. The summed E-state index contributed by atoms with van der Waals surface area (Å²) in [6, 6.07) is 15.4. The molecule has 3 rings (SSSR count). The summed E-state index contributed by atoms with van der Waals surface area (Å²) in [6.45, 7) is 10.2. The highest BCUT2D eigenvalue weighted by molar-refractivity contribution is 6.30. The van der Waals surface area contributed by atoms with E-state index in [1.54, 1.807) is 24.3 Å². The van der Waals surface area contributed by atoms with Crippen LogP contribution in [-0.2, 0) is 13.1 Å². The first-order chi connectivity index (χ1) is 14.9. The van der Waals surface area contributed by atoms with Crippen LogP contribution in [0.4, 0.5) is 0 Å². The number of benzene rings is 2. The third-order valence-corrected chi connectivity index (χ3v) is 5.58. The highest BCUT2D eigenvalue weighted by atomic mass is 35.5. The molecule has 0 aliphatic carbocycles. The Morgan fingerprint density at radius 1 is 1.19 bits per heavy atom. The lowest BCUT2D eigenvalue weighted by Crippen LogP contribution is -2.33. The lowest BCUT2D eigenvalue weighted by atomic mass is 10.1. The van der Waals surface area contributed by atoms with Crippen LogP contribution >= 0.6 is 11.6 Å². The average Bonchev–Trinajstić information content (AvgIpc) is 3.01. The van der Waals surface area contributed by atoms with Gasteiger partial charge in [0.2, 0.25) is 0 Å². The summed E-state index contributed by atoms with van der Waals surface area (Å²) in [7, 11) is 1.99. The zero-order valence-electron chi connectivity index (χ0n) is 18.4. The quantitative estimate of drug-likeness (QED) is 0.496. The molecule has 0 fully saturated rings. The van der Waals surface area contributed by atoms with E-state index in [9.17, 15) is 5.11 Å². The Labute approximate surface area is 189 Å². The highest BCUT2D eigenvalue weighted by Crippen LogP contribution is 2.19. The molecule has 0 spiro atoms. The van der Waals surface area contributed by atoms with Gasteiger partial charge in [0.25, 0.3) is 0 Å². The molecule has 0 saturated heterocycles. The normalized spacial score (nSPS) is 12.2. The summed E-state index contributed by atoms with van der Waals surface area (Å²) in [5, 5.41) is 15.8. The average molecular weight is 440 g/mol. The number of hydrogen-bond donors (Lipinski definition) is 1. The van der Waals surface area contributed by atoms with Crippen molar-refractivity contribution in [1.82, 2.24) is 14.7 Å². The van der Waals surface area contributed by atoms with Crippen LogP contribution in [0.15, 0.2) is 55.1 Å². The lowest BCUT2D eigenvalue weighted by molar-refractivity contribution is 0.0743. The number of nitrogens with zero attached hydrogens (tertiary/aromatic N) is 3. The number of hydrogen-bond acceptors (Lipinski definition) is 4. The number of aliphatic hydroxyl groups is 1. The van der Waals surface area contributed by atoms with Crippen molar-refractivity contribution >= 4 is 17.7 Å². The Bertz CT molecular complexity index is 1010. The Kier molecular flexibility index (Phi) is 7.91. The molecule has 6 heteroatoms. The van der Waals surface area contributed by atoms with E-state index in [0.29, 0.717) is 30.4 Å². The molecule has 0 radical (unpaired) electrons. The number of ether oxygens (including phenoxy) is 1. The number of aliphatic hydroxyl groups excluding tert-OH is 1. The Hall–Kier alpha value is -2.60. The van der Waals surface area contributed by atoms with Crippen molar-refractivity contribution in [1.29, 1.82) is 0 Å². The van der Waals surface area contributed by atoms with Crippen LogP contribution in [0.3, 0.4) is 0 Å². The highest BCUT2D eigenvalue weighted by Gasteiger charge is 2.16. The van der Waals surface area contributed by atoms with E-state index < -0.39 is 6.10 Å². The number of halogens is 1. The second kappa shape index (κ2) is 10.6. The van der Waals surface area contributed by atoms with Crippen LogP contribution in [0, 0.1) is 13.8 Å². The van der Waals surface area contributed by atoms with Crippen molar-refractivity contribution in [2.24, 2.45) is 0 Å². The second-order valence-corrected chi connectivity index (χ2v) is 8.26. The SMILES string of the molecule is C=Cc1ccccc1Cn1nc(C)c(CN(C)CC(O)COc2ccc(Cl)cc2)c1C. The molecular formula is C25H30ClN3O2.